The second-order valence-electron chi connectivity index (χ2n) is 3.58. The Hall–Kier alpha value is -0.190. The lowest BCUT2D eigenvalue weighted by molar-refractivity contribution is 0.625. The number of hydrogen-bond acceptors (Lipinski definition) is 0. The summed E-state index contributed by atoms with van der Waals surface area (Å²) < 4.78 is 15.2. The van der Waals surface area contributed by atoms with Crippen molar-refractivity contribution >= 4 is 47.8 Å². The van der Waals surface area contributed by atoms with Crippen LogP contribution in [0.15, 0.2) is 51.4 Å². The van der Waals surface area contributed by atoms with Crippen LogP contribution in [0.1, 0.15) is 16.0 Å². The van der Waals surface area contributed by atoms with E-state index in [0.29, 0.717) is 0 Å². The van der Waals surface area contributed by atoms with Gasteiger partial charge in [-0.2, -0.15) is 0 Å². The first-order valence-electron chi connectivity index (χ1n) is 4.92. The third-order valence-electron chi connectivity index (χ3n) is 2.39. The molecule has 0 fully saturated rings. The van der Waals surface area contributed by atoms with Gasteiger partial charge >= 0.3 is 0 Å². The molecule has 1 unspecified atom stereocenters. The van der Waals surface area contributed by atoms with Crippen molar-refractivity contribution < 1.29 is 4.39 Å². The van der Waals surface area contributed by atoms with Crippen molar-refractivity contribution in [2.24, 2.45) is 0 Å². The van der Waals surface area contributed by atoms with Gasteiger partial charge in [-0.1, -0.05) is 59.9 Å². The van der Waals surface area contributed by atoms with Gasteiger partial charge in [0.2, 0.25) is 0 Å². The second-order valence-corrected chi connectivity index (χ2v) is 6.27. The normalized spacial score (nSPS) is 12.5. The van der Waals surface area contributed by atoms with Crippen LogP contribution in [0.2, 0.25) is 0 Å². The summed E-state index contributed by atoms with van der Waals surface area (Å²) in [6, 6.07) is 12.6. The summed E-state index contributed by atoms with van der Waals surface area (Å²) in [5, 5.41) is 0. The van der Waals surface area contributed by atoms with Crippen LogP contribution in [0.5, 0.6) is 0 Å². The van der Waals surface area contributed by atoms with Crippen LogP contribution in [0.25, 0.3) is 0 Å². The molecule has 2 rings (SSSR count). The van der Waals surface area contributed by atoms with Gasteiger partial charge in [-0.3, -0.25) is 0 Å². The Kier molecular flexibility index (Phi) is 4.39. The van der Waals surface area contributed by atoms with Gasteiger partial charge in [-0.15, -0.1) is 0 Å². The topological polar surface area (TPSA) is 0 Å². The Morgan fingerprint density at radius 2 is 1.59 bits per heavy atom. The molecule has 1 atom stereocenters. The fourth-order valence-electron chi connectivity index (χ4n) is 1.52. The van der Waals surface area contributed by atoms with Gasteiger partial charge in [-0.05, 0) is 41.5 Å². The fraction of sp³-hybridized carbons (Fsp3) is 0.0769. The van der Waals surface area contributed by atoms with E-state index in [9.17, 15) is 4.39 Å². The maximum Gasteiger partial charge on any atom is 0.123 e. The van der Waals surface area contributed by atoms with Crippen LogP contribution >= 0.6 is 47.8 Å². The van der Waals surface area contributed by atoms with E-state index in [-0.39, 0.29) is 10.6 Å². The van der Waals surface area contributed by atoms with Gasteiger partial charge in [-0.25, -0.2) is 4.39 Å². The highest BCUT2D eigenvalue weighted by Gasteiger charge is 2.14. The van der Waals surface area contributed by atoms with E-state index >= 15 is 0 Å². The first-order chi connectivity index (χ1) is 8.08. The van der Waals surface area contributed by atoms with Crippen LogP contribution in [0.3, 0.4) is 0 Å². The summed E-state index contributed by atoms with van der Waals surface area (Å²) in [7, 11) is 0. The van der Waals surface area contributed by atoms with Crippen molar-refractivity contribution in [2.45, 2.75) is 4.83 Å². The zero-order valence-electron chi connectivity index (χ0n) is 8.63. The van der Waals surface area contributed by atoms with E-state index in [4.69, 9.17) is 0 Å². The van der Waals surface area contributed by atoms with Crippen LogP contribution in [-0.2, 0) is 0 Å². The van der Waals surface area contributed by atoms with Gasteiger partial charge in [0.15, 0.2) is 0 Å². The first-order valence-corrected chi connectivity index (χ1v) is 7.42. The largest absolute Gasteiger partial charge is 0.207 e. The molecule has 0 bridgehead atoms. The zero-order valence-corrected chi connectivity index (χ0v) is 13.4. The number of benzene rings is 2. The molecule has 0 saturated heterocycles. The molecule has 0 spiro atoms. The molecule has 0 saturated carbocycles. The standard InChI is InChI=1S/C13H8Br3F/c14-9-3-1-8(2-4-9)13(16)11-7-10(17)5-6-12(11)15/h1-7,13H. The van der Waals surface area contributed by atoms with Crippen LogP contribution in [0, 0.1) is 5.82 Å². The molecule has 0 aliphatic rings. The average Bonchev–Trinajstić information content (AvgIpc) is 2.32. The predicted molar refractivity (Wildman–Crippen MR) is 79.0 cm³/mol. The lowest BCUT2D eigenvalue weighted by Gasteiger charge is -2.13. The van der Waals surface area contributed by atoms with Gasteiger partial charge in [0.25, 0.3) is 0 Å². The maximum atomic E-state index is 13.2. The molecular weight excluding hydrogens is 415 g/mol. The number of rotatable bonds is 2. The molecule has 0 radical (unpaired) electrons. The molecule has 2 aromatic carbocycles. The second kappa shape index (κ2) is 5.63. The quantitative estimate of drug-likeness (QED) is 0.534. The van der Waals surface area contributed by atoms with Gasteiger partial charge in [0.1, 0.15) is 5.82 Å². The van der Waals surface area contributed by atoms with Gasteiger partial charge < -0.3 is 0 Å². The van der Waals surface area contributed by atoms with E-state index in [1.54, 1.807) is 6.07 Å². The smallest absolute Gasteiger partial charge is 0.123 e. The van der Waals surface area contributed by atoms with Crippen LogP contribution < -0.4 is 0 Å². The molecular formula is C13H8Br3F. The fourth-order valence-corrected chi connectivity index (χ4v) is 3.25. The van der Waals surface area contributed by atoms with Crippen molar-refractivity contribution in [3.8, 4) is 0 Å². The third kappa shape index (κ3) is 3.18. The Morgan fingerprint density at radius 3 is 2.24 bits per heavy atom. The third-order valence-corrected chi connectivity index (χ3v) is 4.67. The number of alkyl halides is 1. The highest BCUT2D eigenvalue weighted by Crippen LogP contribution is 2.36. The van der Waals surface area contributed by atoms with E-state index in [0.717, 1.165) is 20.1 Å². The molecule has 0 aromatic heterocycles. The molecule has 0 aliphatic carbocycles. The lowest BCUT2D eigenvalue weighted by atomic mass is 10.1. The molecule has 0 heterocycles. The molecule has 0 aliphatic heterocycles. The Bertz CT molecular complexity index is 523. The molecule has 0 nitrogen and oxygen atoms in total. The van der Waals surface area contributed by atoms with Crippen molar-refractivity contribution in [2.75, 3.05) is 0 Å². The highest BCUT2D eigenvalue weighted by molar-refractivity contribution is 9.11. The summed E-state index contributed by atoms with van der Waals surface area (Å²) >= 11 is 10.4. The van der Waals surface area contributed by atoms with Crippen LogP contribution in [-0.4, -0.2) is 0 Å². The Morgan fingerprint density at radius 1 is 0.941 bits per heavy atom. The molecule has 88 valence electrons. The van der Waals surface area contributed by atoms with E-state index in [2.05, 4.69) is 47.8 Å². The van der Waals surface area contributed by atoms with E-state index in [1.165, 1.54) is 12.1 Å². The maximum absolute atomic E-state index is 13.2. The van der Waals surface area contributed by atoms with E-state index in [1.807, 2.05) is 24.3 Å². The minimum absolute atomic E-state index is 0.0272. The molecule has 0 amide bonds. The summed E-state index contributed by atoms with van der Waals surface area (Å²) in [5.74, 6) is -0.232. The summed E-state index contributed by atoms with van der Waals surface area (Å²) in [6.45, 7) is 0. The number of halogens is 4. The molecule has 0 N–H and O–H groups in total. The van der Waals surface area contributed by atoms with Crippen molar-refractivity contribution in [3.63, 3.8) is 0 Å². The summed E-state index contributed by atoms with van der Waals surface area (Å²) in [4.78, 5) is -0.0272. The minimum Gasteiger partial charge on any atom is -0.207 e. The summed E-state index contributed by atoms with van der Waals surface area (Å²) in [5.41, 5.74) is 1.96. The van der Waals surface area contributed by atoms with Crippen molar-refractivity contribution in [3.05, 3.63) is 68.4 Å². The predicted octanol–water partition coefficient (Wildman–Crippen LogP) is 5.84. The summed E-state index contributed by atoms with van der Waals surface area (Å²) in [6.07, 6.45) is 0. The van der Waals surface area contributed by atoms with Crippen molar-refractivity contribution in [1.29, 1.82) is 0 Å². The highest BCUT2D eigenvalue weighted by atomic mass is 79.9. The minimum atomic E-state index is -0.232. The zero-order chi connectivity index (χ0) is 12.4. The average molecular weight is 423 g/mol. The monoisotopic (exact) mass is 420 g/mol. The van der Waals surface area contributed by atoms with Crippen molar-refractivity contribution in [1.82, 2.24) is 0 Å². The molecule has 4 heteroatoms. The van der Waals surface area contributed by atoms with Gasteiger partial charge in [0.05, 0.1) is 4.83 Å². The SMILES string of the molecule is Fc1ccc(Br)c(C(Br)c2ccc(Br)cc2)c1. The Labute approximate surface area is 125 Å². The van der Waals surface area contributed by atoms with Crippen LogP contribution in [0.4, 0.5) is 4.39 Å². The molecule has 2 aromatic rings. The lowest BCUT2D eigenvalue weighted by Crippen LogP contribution is -1.94. The van der Waals surface area contributed by atoms with E-state index < -0.39 is 0 Å². The first kappa shape index (κ1) is 13.2. The van der Waals surface area contributed by atoms with Gasteiger partial charge in [0, 0.05) is 8.95 Å². The molecule has 17 heavy (non-hydrogen) atoms. The number of hydrogen-bond donors (Lipinski definition) is 0. The Balaban J connectivity index is 2.39.